The Kier molecular flexibility index (Phi) is 4.26. The second-order valence-corrected chi connectivity index (χ2v) is 3.65. The van der Waals surface area contributed by atoms with Crippen LogP contribution in [0.5, 0.6) is 5.75 Å². The maximum atomic E-state index is 8.91. The number of ether oxygens (including phenoxy) is 1. The number of rotatable bonds is 5. The highest BCUT2D eigenvalue weighted by Crippen LogP contribution is 2.19. The van der Waals surface area contributed by atoms with Gasteiger partial charge in [0.2, 0.25) is 0 Å². The third-order valence-electron chi connectivity index (χ3n) is 2.31. The molecule has 0 bridgehead atoms. The highest BCUT2D eigenvalue weighted by atomic mass is 16.5. The van der Waals surface area contributed by atoms with Crippen molar-refractivity contribution in [1.82, 2.24) is 9.97 Å². The fourth-order valence-electron chi connectivity index (χ4n) is 1.46. The lowest BCUT2D eigenvalue weighted by Gasteiger charge is -2.08. The molecule has 0 saturated heterocycles. The maximum Gasteiger partial charge on any atom is 0.183 e. The normalized spacial score (nSPS) is 9.68. The van der Waals surface area contributed by atoms with Crippen molar-refractivity contribution in [3.05, 3.63) is 42.4 Å². The zero-order chi connectivity index (χ0) is 13.5. The van der Waals surface area contributed by atoms with E-state index in [1.54, 1.807) is 0 Å². The Bertz CT molecular complexity index is 576. The monoisotopic (exact) mass is 255 g/mol. The number of hydrogen-bond donors (Lipinski definition) is 2. The Labute approximate surface area is 110 Å². The number of aromatic nitrogens is 2. The minimum atomic E-state index is 0.256. The van der Waals surface area contributed by atoms with E-state index in [4.69, 9.17) is 15.7 Å². The van der Waals surface area contributed by atoms with E-state index in [1.807, 2.05) is 30.3 Å². The highest BCUT2D eigenvalue weighted by molar-refractivity contribution is 5.61. The summed E-state index contributed by atoms with van der Waals surface area (Å²) in [6.07, 6.45) is 3.01. The van der Waals surface area contributed by atoms with Gasteiger partial charge in [-0.3, -0.25) is 0 Å². The predicted molar refractivity (Wildman–Crippen MR) is 71.0 cm³/mol. The fourth-order valence-corrected chi connectivity index (χ4v) is 1.46. The molecule has 1 heterocycles. The smallest absolute Gasteiger partial charge is 0.183 e. The van der Waals surface area contributed by atoms with Gasteiger partial charge < -0.3 is 15.8 Å². The molecule has 3 N–H and O–H groups in total. The van der Waals surface area contributed by atoms with Gasteiger partial charge in [0.1, 0.15) is 18.4 Å². The number of hydrogen-bond acceptors (Lipinski definition) is 6. The van der Waals surface area contributed by atoms with E-state index in [2.05, 4.69) is 15.3 Å². The van der Waals surface area contributed by atoms with Gasteiger partial charge in [-0.15, -0.1) is 0 Å². The molecule has 6 heteroatoms. The van der Waals surface area contributed by atoms with Crippen molar-refractivity contribution in [2.45, 2.75) is 0 Å². The molecule has 0 aliphatic carbocycles. The Morgan fingerprint density at radius 3 is 2.63 bits per heavy atom. The Balaban J connectivity index is 2.09. The van der Waals surface area contributed by atoms with E-state index in [0.29, 0.717) is 19.0 Å². The second-order valence-electron chi connectivity index (χ2n) is 3.65. The molecule has 0 amide bonds. The summed E-state index contributed by atoms with van der Waals surface area (Å²) in [7, 11) is 0. The molecule has 0 spiro atoms. The zero-order valence-electron chi connectivity index (χ0n) is 10.2. The van der Waals surface area contributed by atoms with Crippen LogP contribution in [0.15, 0.2) is 36.7 Å². The summed E-state index contributed by atoms with van der Waals surface area (Å²) in [6, 6.07) is 9.29. The number of nitrogens with two attached hydrogens (primary N) is 1. The van der Waals surface area contributed by atoms with Crippen LogP contribution in [-0.2, 0) is 0 Å². The third-order valence-corrected chi connectivity index (χ3v) is 2.31. The number of nitriles is 1. The fraction of sp³-hybridized carbons (Fsp3) is 0.154. The predicted octanol–water partition coefficient (Wildman–Crippen LogP) is 1.43. The number of nitrogens with one attached hydrogen (secondary N) is 1. The standard InChI is InChI=1S/C13H13N5O/c14-5-8-19-11-3-1-10(2-4-11)18-13-12(9-15)16-6-7-17-13/h1-4,6-7H,5,8,14H2,(H,17,18). The van der Waals surface area contributed by atoms with Gasteiger partial charge >= 0.3 is 0 Å². The molecule has 0 aliphatic rings. The van der Waals surface area contributed by atoms with E-state index in [0.717, 1.165) is 11.4 Å². The quantitative estimate of drug-likeness (QED) is 0.838. The molecule has 0 aliphatic heterocycles. The molecule has 0 radical (unpaired) electrons. The molecule has 2 aromatic rings. The molecule has 0 saturated carbocycles. The molecule has 0 unspecified atom stereocenters. The van der Waals surface area contributed by atoms with Crippen molar-refractivity contribution in [2.75, 3.05) is 18.5 Å². The minimum absolute atomic E-state index is 0.256. The molecule has 96 valence electrons. The summed E-state index contributed by atoms with van der Waals surface area (Å²) in [5.74, 6) is 1.18. The van der Waals surface area contributed by atoms with Crippen LogP contribution in [0.3, 0.4) is 0 Å². The van der Waals surface area contributed by atoms with Crippen LogP contribution in [0.2, 0.25) is 0 Å². The van der Waals surface area contributed by atoms with E-state index >= 15 is 0 Å². The molecule has 0 atom stereocenters. The van der Waals surface area contributed by atoms with Gasteiger partial charge in [-0.05, 0) is 24.3 Å². The van der Waals surface area contributed by atoms with Gasteiger partial charge in [0.05, 0.1) is 0 Å². The average Bonchev–Trinajstić information content (AvgIpc) is 2.47. The minimum Gasteiger partial charge on any atom is -0.492 e. The van der Waals surface area contributed by atoms with Crippen molar-refractivity contribution in [3.8, 4) is 11.8 Å². The topological polar surface area (TPSA) is 96.8 Å². The van der Waals surface area contributed by atoms with Gasteiger partial charge in [-0.2, -0.15) is 5.26 Å². The molecular formula is C13H13N5O. The summed E-state index contributed by atoms with van der Waals surface area (Å²) >= 11 is 0. The van der Waals surface area contributed by atoms with Crippen LogP contribution in [0.4, 0.5) is 11.5 Å². The summed E-state index contributed by atoms with van der Waals surface area (Å²) in [5.41, 5.74) is 6.42. The van der Waals surface area contributed by atoms with Gasteiger partial charge in [0.15, 0.2) is 11.5 Å². The van der Waals surface area contributed by atoms with E-state index in [9.17, 15) is 0 Å². The first kappa shape index (κ1) is 12.8. The Morgan fingerprint density at radius 1 is 1.21 bits per heavy atom. The Hall–Kier alpha value is -2.65. The number of anilines is 2. The number of benzene rings is 1. The van der Waals surface area contributed by atoms with Crippen molar-refractivity contribution in [1.29, 1.82) is 5.26 Å². The lowest BCUT2D eigenvalue weighted by atomic mass is 10.3. The molecular weight excluding hydrogens is 242 g/mol. The zero-order valence-corrected chi connectivity index (χ0v) is 10.2. The number of nitrogens with zero attached hydrogens (tertiary/aromatic N) is 3. The molecule has 1 aromatic carbocycles. The highest BCUT2D eigenvalue weighted by Gasteiger charge is 2.04. The third kappa shape index (κ3) is 3.40. The molecule has 0 fully saturated rings. The largest absolute Gasteiger partial charge is 0.492 e. The summed E-state index contributed by atoms with van der Waals surface area (Å²) < 4.78 is 5.37. The first-order valence-electron chi connectivity index (χ1n) is 5.74. The van der Waals surface area contributed by atoms with Crippen molar-refractivity contribution in [2.24, 2.45) is 5.73 Å². The van der Waals surface area contributed by atoms with Gasteiger partial charge in [-0.1, -0.05) is 0 Å². The first-order chi connectivity index (χ1) is 9.33. The van der Waals surface area contributed by atoms with E-state index < -0.39 is 0 Å². The lowest BCUT2D eigenvalue weighted by molar-refractivity contribution is 0.328. The maximum absolute atomic E-state index is 8.91. The average molecular weight is 255 g/mol. The van der Waals surface area contributed by atoms with Gasteiger partial charge in [0, 0.05) is 24.6 Å². The summed E-state index contributed by atoms with van der Waals surface area (Å²) in [4.78, 5) is 8.00. The van der Waals surface area contributed by atoms with E-state index in [1.165, 1.54) is 12.4 Å². The molecule has 19 heavy (non-hydrogen) atoms. The van der Waals surface area contributed by atoms with Gasteiger partial charge in [0.25, 0.3) is 0 Å². The van der Waals surface area contributed by atoms with E-state index in [-0.39, 0.29) is 5.69 Å². The molecule has 1 aromatic heterocycles. The van der Waals surface area contributed by atoms with Crippen molar-refractivity contribution < 1.29 is 4.74 Å². The molecule has 2 rings (SSSR count). The van der Waals surface area contributed by atoms with Crippen LogP contribution >= 0.6 is 0 Å². The van der Waals surface area contributed by atoms with Gasteiger partial charge in [-0.25, -0.2) is 9.97 Å². The van der Waals surface area contributed by atoms with Crippen LogP contribution < -0.4 is 15.8 Å². The SMILES string of the molecule is N#Cc1nccnc1Nc1ccc(OCCN)cc1. The van der Waals surface area contributed by atoms with Crippen molar-refractivity contribution in [3.63, 3.8) is 0 Å². The first-order valence-corrected chi connectivity index (χ1v) is 5.74. The molecule has 6 nitrogen and oxygen atoms in total. The summed E-state index contributed by atoms with van der Waals surface area (Å²) in [5, 5.41) is 11.9. The lowest BCUT2D eigenvalue weighted by Crippen LogP contribution is -2.10. The second kappa shape index (κ2) is 6.33. The van der Waals surface area contributed by atoms with Crippen LogP contribution in [0, 0.1) is 11.3 Å². The Morgan fingerprint density at radius 2 is 1.95 bits per heavy atom. The van der Waals surface area contributed by atoms with Crippen LogP contribution in [0.1, 0.15) is 5.69 Å². The van der Waals surface area contributed by atoms with Crippen LogP contribution in [0.25, 0.3) is 0 Å². The summed E-state index contributed by atoms with van der Waals surface area (Å²) in [6.45, 7) is 0.959. The van der Waals surface area contributed by atoms with Crippen molar-refractivity contribution >= 4 is 11.5 Å². The van der Waals surface area contributed by atoms with Crippen LogP contribution in [-0.4, -0.2) is 23.1 Å².